The molecule has 1 saturated heterocycles. The molecule has 0 aromatic heterocycles. The summed E-state index contributed by atoms with van der Waals surface area (Å²) in [6.45, 7) is 2.17. The highest BCUT2D eigenvalue weighted by atomic mass is 19.1. The van der Waals surface area contributed by atoms with E-state index in [0.29, 0.717) is 26.2 Å². The van der Waals surface area contributed by atoms with E-state index in [-0.39, 0.29) is 18.3 Å². The molecule has 1 atom stereocenters. The number of aliphatic carboxylic acids is 1. The van der Waals surface area contributed by atoms with Gasteiger partial charge in [-0.2, -0.15) is 0 Å². The van der Waals surface area contributed by atoms with E-state index in [9.17, 15) is 9.18 Å². The van der Waals surface area contributed by atoms with Gasteiger partial charge in [0.1, 0.15) is 0 Å². The molecule has 1 aromatic rings. The van der Waals surface area contributed by atoms with Crippen LogP contribution >= 0.6 is 0 Å². The van der Waals surface area contributed by atoms with Gasteiger partial charge in [0.25, 0.3) is 0 Å². The van der Waals surface area contributed by atoms with Crippen LogP contribution in [0.3, 0.4) is 0 Å². The second kappa shape index (κ2) is 5.99. The number of morpholine rings is 1. The van der Waals surface area contributed by atoms with Crippen LogP contribution < -0.4 is 0 Å². The van der Waals surface area contributed by atoms with Crippen LogP contribution in [0, 0.1) is 5.82 Å². The third-order valence-electron chi connectivity index (χ3n) is 3.04. The third kappa shape index (κ3) is 3.90. The highest BCUT2D eigenvalue weighted by Crippen LogP contribution is 2.18. The molecule has 6 heteroatoms. The molecule has 1 aliphatic rings. The largest absolute Gasteiger partial charge is 0.505 e. The summed E-state index contributed by atoms with van der Waals surface area (Å²) in [5, 5.41) is 17.8. The number of nitrogens with zero attached hydrogens (tertiary/aromatic N) is 1. The van der Waals surface area contributed by atoms with Crippen LogP contribution in [0.1, 0.15) is 12.0 Å². The van der Waals surface area contributed by atoms with Crippen LogP contribution in [0.2, 0.25) is 0 Å². The van der Waals surface area contributed by atoms with Gasteiger partial charge in [-0.25, -0.2) is 4.39 Å². The predicted octanol–water partition coefficient (Wildman–Crippen LogP) is 1.21. The summed E-state index contributed by atoms with van der Waals surface area (Å²) >= 11 is 0. The molecule has 2 N–H and O–H groups in total. The molecule has 0 radical (unpaired) electrons. The number of halogens is 1. The van der Waals surface area contributed by atoms with Gasteiger partial charge in [-0.3, -0.25) is 9.69 Å². The van der Waals surface area contributed by atoms with Crippen molar-refractivity contribution in [1.82, 2.24) is 4.90 Å². The number of ether oxygens (including phenoxy) is 1. The van der Waals surface area contributed by atoms with Gasteiger partial charge in [0.05, 0.1) is 19.1 Å². The average molecular weight is 269 g/mol. The first kappa shape index (κ1) is 13.8. The Hall–Kier alpha value is -1.66. The van der Waals surface area contributed by atoms with Gasteiger partial charge in [0, 0.05) is 19.6 Å². The standard InChI is InChI=1S/C13H16FNO4/c14-11-5-9(1-2-12(11)16)7-15-3-4-19-10(8-15)6-13(17)18/h1-2,5,10,16H,3-4,6-8H2,(H,17,18). The third-order valence-corrected chi connectivity index (χ3v) is 3.04. The quantitative estimate of drug-likeness (QED) is 0.859. The molecule has 104 valence electrons. The van der Waals surface area contributed by atoms with E-state index in [1.807, 2.05) is 4.90 Å². The fourth-order valence-corrected chi connectivity index (χ4v) is 2.15. The second-order valence-corrected chi connectivity index (χ2v) is 4.61. The zero-order valence-electron chi connectivity index (χ0n) is 10.4. The Bertz CT molecular complexity index is 466. The topological polar surface area (TPSA) is 70.0 Å². The highest BCUT2D eigenvalue weighted by molar-refractivity contribution is 5.67. The van der Waals surface area contributed by atoms with Gasteiger partial charge < -0.3 is 14.9 Å². The Morgan fingerprint density at radius 3 is 3.00 bits per heavy atom. The van der Waals surface area contributed by atoms with Gasteiger partial charge in [-0.15, -0.1) is 0 Å². The zero-order chi connectivity index (χ0) is 13.8. The van der Waals surface area contributed by atoms with Gasteiger partial charge >= 0.3 is 5.97 Å². The summed E-state index contributed by atoms with van der Waals surface area (Å²) in [4.78, 5) is 12.7. The second-order valence-electron chi connectivity index (χ2n) is 4.61. The van der Waals surface area contributed by atoms with Gasteiger partial charge in [-0.05, 0) is 17.7 Å². The highest BCUT2D eigenvalue weighted by Gasteiger charge is 2.22. The van der Waals surface area contributed by atoms with Crippen LogP contribution in [-0.2, 0) is 16.1 Å². The van der Waals surface area contributed by atoms with Crippen molar-refractivity contribution in [3.05, 3.63) is 29.6 Å². The summed E-state index contributed by atoms with van der Waals surface area (Å²) in [7, 11) is 0. The van der Waals surface area contributed by atoms with Crippen molar-refractivity contribution in [1.29, 1.82) is 0 Å². The van der Waals surface area contributed by atoms with Gasteiger partial charge in [0.2, 0.25) is 0 Å². The Morgan fingerprint density at radius 2 is 2.32 bits per heavy atom. The van der Waals surface area contributed by atoms with E-state index in [0.717, 1.165) is 5.56 Å². The average Bonchev–Trinajstić information content (AvgIpc) is 2.33. The van der Waals surface area contributed by atoms with Crippen molar-refractivity contribution < 1.29 is 24.1 Å². The summed E-state index contributed by atoms with van der Waals surface area (Å²) in [5.41, 5.74) is 0.742. The molecule has 0 amide bonds. The van der Waals surface area contributed by atoms with Crippen LogP contribution in [0.25, 0.3) is 0 Å². The number of phenols is 1. The number of carboxylic acids is 1. The smallest absolute Gasteiger partial charge is 0.306 e. The van der Waals surface area contributed by atoms with Crippen molar-refractivity contribution in [2.75, 3.05) is 19.7 Å². The number of benzene rings is 1. The Kier molecular flexibility index (Phi) is 4.34. The van der Waals surface area contributed by atoms with Gasteiger partial charge in [-0.1, -0.05) is 6.07 Å². The molecular formula is C13H16FNO4. The van der Waals surface area contributed by atoms with Crippen molar-refractivity contribution in [3.8, 4) is 5.75 Å². The number of aromatic hydroxyl groups is 1. The van der Waals surface area contributed by atoms with Crippen molar-refractivity contribution in [2.45, 2.75) is 19.1 Å². The maximum atomic E-state index is 13.2. The number of phenolic OH excluding ortho intramolecular Hbond substituents is 1. The number of rotatable bonds is 4. The molecular weight excluding hydrogens is 253 g/mol. The molecule has 2 rings (SSSR count). The molecule has 1 aromatic carbocycles. The Morgan fingerprint density at radius 1 is 1.53 bits per heavy atom. The summed E-state index contributed by atoms with van der Waals surface area (Å²) in [6, 6.07) is 4.26. The lowest BCUT2D eigenvalue weighted by molar-refractivity contribution is -0.142. The van der Waals surface area contributed by atoms with E-state index in [4.69, 9.17) is 14.9 Å². The Labute approximate surface area is 110 Å². The van der Waals surface area contributed by atoms with Crippen LogP contribution in [-0.4, -0.2) is 46.9 Å². The van der Waals surface area contributed by atoms with Gasteiger partial charge in [0.15, 0.2) is 11.6 Å². The van der Waals surface area contributed by atoms with E-state index in [2.05, 4.69) is 0 Å². The maximum Gasteiger partial charge on any atom is 0.306 e. The molecule has 5 nitrogen and oxygen atoms in total. The molecule has 19 heavy (non-hydrogen) atoms. The monoisotopic (exact) mass is 269 g/mol. The summed E-state index contributed by atoms with van der Waals surface area (Å²) in [5.74, 6) is -1.90. The van der Waals surface area contributed by atoms with E-state index in [1.54, 1.807) is 6.07 Å². The molecule has 1 fully saturated rings. The minimum atomic E-state index is -0.887. The minimum Gasteiger partial charge on any atom is -0.505 e. The minimum absolute atomic E-state index is 0.0273. The first-order chi connectivity index (χ1) is 9.04. The fraction of sp³-hybridized carbons (Fsp3) is 0.462. The first-order valence-electron chi connectivity index (χ1n) is 6.08. The molecule has 0 saturated carbocycles. The molecule has 0 aliphatic carbocycles. The van der Waals surface area contributed by atoms with Crippen molar-refractivity contribution in [3.63, 3.8) is 0 Å². The first-order valence-corrected chi connectivity index (χ1v) is 6.08. The molecule has 1 heterocycles. The van der Waals surface area contributed by atoms with Crippen molar-refractivity contribution >= 4 is 5.97 Å². The SMILES string of the molecule is O=C(O)CC1CN(Cc2ccc(O)c(F)c2)CCO1. The molecule has 0 bridgehead atoms. The lowest BCUT2D eigenvalue weighted by atomic mass is 10.1. The Balaban J connectivity index is 1.94. The number of carbonyl (C=O) groups is 1. The molecule has 1 unspecified atom stereocenters. The predicted molar refractivity (Wildman–Crippen MR) is 65.3 cm³/mol. The molecule has 1 aliphatic heterocycles. The lowest BCUT2D eigenvalue weighted by Crippen LogP contribution is -2.42. The fourth-order valence-electron chi connectivity index (χ4n) is 2.15. The number of hydrogen-bond donors (Lipinski definition) is 2. The van der Waals surface area contributed by atoms with Crippen LogP contribution in [0.5, 0.6) is 5.75 Å². The van der Waals surface area contributed by atoms with Crippen molar-refractivity contribution in [2.24, 2.45) is 0 Å². The van der Waals surface area contributed by atoms with Crippen LogP contribution in [0.4, 0.5) is 4.39 Å². The summed E-state index contributed by atoms with van der Waals surface area (Å²) < 4.78 is 18.6. The summed E-state index contributed by atoms with van der Waals surface area (Å²) in [6.07, 6.45) is -0.353. The number of carboxylic acid groups (broad SMARTS) is 1. The van der Waals surface area contributed by atoms with Crippen LogP contribution in [0.15, 0.2) is 18.2 Å². The van der Waals surface area contributed by atoms with E-state index >= 15 is 0 Å². The lowest BCUT2D eigenvalue weighted by Gasteiger charge is -2.32. The zero-order valence-corrected chi connectivity index (χ0v) is 10.4. The normalized spacial score (nSPS) is 20.4. The molecule has 0 spiro atoms. The maximum absolute atomic E-state index is 13.2. The number of hydrogen-bond acceptors (Lipinski definition) is 4. The van der Waals surface area contributed by atoms with E-state index in [1.165, 1.54) is 12.1 Å². The van der Waals surface area contributed by atoms with E-state index < -0.39 is 11.8 Å².